The lowest BCUT2D eigenvalue weighted by atomic mass is 9.82. The maximum absolute atomic E-state index is 7.46. The van der Waals surface area contributed by atoms with Crippen LogP contribution in [0.5, 0.6) is 0 Å². The lowest BCUT2D eigenvalue weighted by molar-refractivity contribution is -0.00933. The van der Waals surface area contributed by atoms with Crippen molar-refractivity contribution >= 4 is 5.84 Å². The molecule has 1 fully saturated rings. The Labute approximate surface area is 122 Å². The minimum atomic E-state index is 0.121. The predicted octanol–water partition coefficient (Wildman–Crippen LogP) is 3.62. The second-order valence-electron chi connectivity index (χ2n) is 6.41. The first-order valence-corrected chi connectivity index (χ1v) is 7.51. The van der Waals surface area contributed by atoms with Crippen LogP contribution in [-0.2, 0) is 11.3 Å². The Kier molecular flexibility index (Phi) is 4.81. The first-order valence-electron chi connectivity index (χ1n) is 7.51. The number of rotatable bonds is 4. The number of amidine groups is 1. The summed E-state index contributed by atoms with van der Waals surface area (Å²) in [6.45, 7) is 7.35. The van der Waals surface area contributed by atoms with Crippen molar-refractivity contribution in [2.45, 2.75) is 52.7 Å². The number of ether oxygens (including phenoxy) is 1. The van der Waals surface area contributed by atoms with Gasteiger partial charge in [0, 0.05) is 5.56 Å². The van der Waals surface area contributed by atoms with Crippen molar-refractivity contribution < 1.29 is 4.74 Å². The summed E-state index contributed by atoms with van der Waals surface area (Å²) in [5, 5.41) is 7.46. The van der Waals surface area contributed by atoms with E-state index in [0.717, 1.165) is 23.0 Å². The van der Waals surface area contributed by atoms with Gasteiger partial charge in [0.2, 0.25) is 0 Å². The number of nitrogens with two attached hydrogens (primary N) is 1. The van der Waals surface area contributed by atoms with E-state index in [0.29, 0.717) is 12.7 Å². The molecule has 0 spiro atoms. The fraction of sp³-hybridized carbons (Fsp3) is 0.588. The zero-order chi connectivity index (χ0) is 14.7. The van der Waals surface area contributed by atoms with Crippen molar-refractivity contribution in [1.82, 2.24) is 0 Å². The highest BCUT2D eigenvalue weighted by molar-refractivity contribution is 5.95. The zero-order valence-electron chi connectivity index (χ0n) is 12.8. The second kappa shape index (κ2) is 6.40. The largest absolute Gasteiger partial charge is 0.384 e. The molecule has 0 heterocycles. The summed E-state index contributed by atoms with van der Waals surface area (Å²) in [6.07, 6.45) is 4.07. The standard InChI is InChI=1S/C17H26N2O/c1-11-6-12(2)8-16(7-11)20-10-15-5-4-14(17(18)19)9-13(15)3/h4-5,9,11-12,16H,6-8,10H2,1-3H3,(H3,18,19). The minimum absolute atomic E-state index is 0.121. The van der Waals surface area contributed by atoms with Crippen LogP contribution in [-0.4, -0.2) is 11.9 Å². The van der Waals surface area contributed by atoms with Crippen LogP contribution < -0.4 is 5.73 Å². The highest BCUT2D eigenvalue weighted by Gasteiger charge is 2.24. The molecular weight excluding hydrogens is 248 g/mol. The smallest absolute Gasteiger partial charge is 0.122 e. The first kappa shape index (κ1) is 15.0. The monoisotopic (exact) mass is 274 g/mol. The van der Waals surface area contributed by atoms with E-state index >= 15 is 0 Å². The molecule has 0 amide bonds. The molecule has 110 valence electrons. The summed E-state index contributed by atoms with van der Waals surface area (Å²) in [5.41, 5.74) is 8.63. The second-order valence-corrected chi connectivity index (χ2v) is 6.41. The number of hydrogen-bond acceptors (Lipinski definition) is 2. The molecule has 3 N–H and O–H groups in total. The maximum atomic E-state index is 7.46. The lowest BCUT2D eigenvalue weighted by Gasteiger charge is -2.31. The fourth-order valence-corrected chi connectivity index (χ4v) is 3.24. The van der Waals surface area contributed by atoms with E-state index in [1.165, 1.54) is 24.8 Å². The Balaban J connectivity index is 1.95. The Morgan fingerprint density at radius 3 is 2.45 bits per heavy atom. The van der Waals surface area contributed by atoms with Gasteiger partial charge in [0.15, 0.2) is 0 Å². The third kappa shape index (κ3) is 3.83. The van der Waals surface area contributed by atoms with E-state index in [2.05, 4.69) is 20.8 Å². The van der Waals surface area contributed by atoms with Crippen molar-refractivity contribution in [2.24, 2.45) is 17.6 Å². The lowest BCUT2D eigenvalue weighted by Crippen LogP contribution is -2.26. The third-order valence-corrected chi connectivity index (χ3v) is 4.26. The molecule has 3 heteroatoms. The van der Waals surface area contributed by atoms with Gasteiger partial charge in [0.1, 0.15) is 5.84 Å². The van der Waals surface area contributed by atoms with Crippen LogP contribution in [0.1, 0.15) is 49.8 Å². The molecule has 1 aromatic rings. The van der Waals surface area contributed by atoms with Crippen LogP contribution in [0.25, 0.3) is 0 Å². The Morgan fingerprint density at radius 2 is 1.90 bits per heavy atom. The summed E-state index contributed by atoms with van der Waals surface area (Å²) in [5.74, 6) is 1.66. The van der Waals surface area contributed by atoms with Crippen molar-refractivity contribution in [3.05, 3.63) is 34.9 Å². The molecule has 0 radical (unpaired) electrons. The molecular formula is C17H26N2O. The number of hydrogen-bond donors (Lipinski definition) is 2. The van der Waals surface area contributed by atoms with E-state index in [-0.39, 0.29) is 5.84 Å². The number of aryl methyl sites for hydroxylation is 1. The van der Waals surface area contributed by atoms with E-state index in [1.54, 1.807) is 0 Å². The van der Waals surface area contributed by atoms with Gasteiger partial charge in [-0.05, 0) is 55.2 Å². The SMILES string of the molecule is Cc1cc(C(=N)N)ccc1COC1CC(C)CC(C)C1. The van der Waals surface area contributed by atoms with E-state index in [4.69, 9.17) is 15.9 Å². The average Bonchev–Trinajstić information content (AvgIpc) is 2.36. The quantitative estimate of drug-likeness (QED) is 0.650. The van der Waals surface area contributed by atoms with Crippen LogP contribution >= 0.6 is 0 Å². The molecule has 0 saturated heterocycles. The molecule has 3 nitrogen and oxygen atoms in total. The molecule has 1 saturated carbocycles. The van der Waals surface area contributed by atoms with E-state index in [9.17, 15) is 0 Å². The van der Waals surface area contributed by atoms with Gasteiger partial charge in [-0.1, -0.05) is 26.0 Å². The highest BCUT2D eigenvalue weighted by Crippen LogP contribution is 2.31. The van der Waals surface area contributed by atoms with Crippen molar-refractivity contribution in [3.8, 4) is 0 Å². The summed E-state index contributed by atoms with van der Waals surface area (Å²) in [6, 6.07) is 5.90. The average molecular weight is 274 g/mol. The highest BCUT2D eigenvalue weighted by atomic mass is 16.5. The zero-order valence-corrected chi connectivity index (χ0v) is 12.8. The summed E-state index contributed by atoms with van der Waals surface area (Å²) < 4.78 is 6.11. The molecule has 0 aliphatic heterocycles. The van der Waals surface area contributed by atoms with Crippen LogP contribution in [0.2, 0.25) is 0 Å². The molecule has 20 heavy (non-hydrogen) atoms. The molecule has 0 aromatic heterocycles. The van der Waals surface area contributed by atoms with Crippen LogP contribution in [0.15, 0.2) is 18.2 Å². The van der Waals surface area contributed by atoms with Crippen molar-refractivity contribution in [3.63, 3.8) is 0 Å². The van der Waals surface area contributed by atoms with Gasteiger partial charge in [-0.15, -0.1) is 0 Å². The van der Waals surface area contributed by atoms with E-state index < -0.39 is 0 Å². The number of benzene rings is 1. The van der Waals surface area contributed by atoms with Gasteiger partial charge in [-0.2, -0.15) is 0 Å². The van der Waals surface area contributed by atoms with Gasteiger partial charge in [-0.25, -0.2) is 0 Å². The minimum Gasteiger partial charge on any atom is -0.384 e. The van der Waals surface area contributed by atoms with Crippen LogP contribution in [0, 0.1) is 24.2 Å². The van der Waals surface area contributed by atoms with Gasteiger partial charge in [0.05, 0.1) is 12.7 Å². The summed E-state index contributed by atoms with van der Waals surface area (Å²) in [4.78, 5) is 0. The molecule has 0 bridgehead atoms. The van der Waals surface area contributed by atoms with Gasteiger partial charge < -0.3 is 10.5 Å². The third-order valence-electron chi connectivity index (χ3n) is 4.26. The van der Waals surface area contributed by atoms with E-state index in [1.807, 2.05) is 18.2 Å². The molecule has 2 unspecified atom stereocenters. The fourth-order valence-electron chi connectivity index (χ4n) is 3.24. The molecule has 1 aliphatic carbocycles. The van der Waals surface area contributed by atoms with Crippen LogP contribution in [0.4, 0.5) is 0 Å². The Bertz CT molecular complexity index is 474. The first-order chi connectivity index (χ1) is 9.45. The topological polar surface area (TPSA) is 59.1 Å². The van der Waals surface area contributed by atoms with Crippen LogP contribution in [0.3, 0.4) is 0 Å². The maximum Gasteiger partial charge on any atom is 0.122 e. The molecule has 1 aromatic carbocycles. The van der Waals surface area contributed by atoms with Gasteiger partial charge in [-0.3, -0.25) is 5.41 Å². The van der Waals surface area contributed by atoms with Crippen molar-refractivity contribution in [1.29, 1.82) is 5.41 Å². The number of nitrogen functional groups attached to an aromatic ring is 1. The Hall–Kier alpha value is -1.35. The van der Waals surface area contributed by atoms with Gasteiger partial charge in [0.25, 0.3) is 0 Å². The van der Waals surface area contributed by atoms with Crippen molar-refractivity contribution in [2.75, 3.05) is 0 Å². The predicted molar refractivity (Wildman–Crippen MR) is 83.0 cm³/mol. The molecule has 2 atom stereocenters. The summed E-state index contributed by atoms with van der Waals surface area (Å²) in [7, 11) is 0. The summed E-state index contributed by atoms with van der Waals surface area (Å²) >= 11 is 0. The molecule has 1 aliphatic rings. The van der Waals surface area contributed by atoms with Gasteiger partial charge >= 0.3 is 0 Å². The normalized spacial score (nSPS) is 26.4. The number of nitrogens with one attached hydrogen (secondary N) is 1. The Morgan fingerprint density at radius 1 is 1.25 bits per heavy atom. The molecule has 2 rings (SSSR count).